The Hall–Kier alpha value is -2.16. The van der Waals surface area contributed by atoms with Gasteiger partial charge in [0.05, 0.1) is 11.8 Å². The molecule has 0 spiro atoms. The van der Waals surface area contributed by atoms with Crippen molar-refractivity contribution in [1.29, 1.82) is 0 Å². The highest BCUT2D eigenvalue weighted by Crippen LogP contribution is 2.26. The van der Waals surface area contributed by atoms with Gasteiger partial charge in [-0.25, -0.2) is 4.68 Å². The zero-order valence-corrected chi connectivity index (χ0v) is 12.5. The summed E-state index contributed by atoms with van der Waals surface area (Å²) in [5, 5.41) is 3.60. The van der Waals surface area contributed by atoms with E-state index in [9.17, 15) is 19.2 Å². The monoisotopic (exact) mass is 322 g/mol. The first-order chi connectivity index (χ1) is 10.6. The minimum Gasteiger partial charge on any atom is -0.339 e. The van der Waals surface area contributed by atoms with Crippen molar-refractivity contribution in [1.82, 2.24) is 19.6 Å². The zero-order chi connectivity index (χ0) is 15.7. The number of nitrogens with zero attached hydrogens (tertiary/aromatic N) is 4. The Morgan fingerprint density at radius 2 is 2.18 bits per heavy atom. The molecule has 2 fully saturated rings. The molecule has 0 N–H and O–H groups in total. The number of amides is 3. The van der Waals surface area contributed by atoms with Gasteiger partial charge in [-0.05, 0) is 12.5 Å². The molecule has 2 saturated heterocycles. The molecule has 1 aromatic heterocycles. The number of carbonyl (C=O) groups is 3. The summed E-state index contributed by atoms with van der Waals surface area (Å²) in [6.45, 7) is 0.647. The van der Waals surface area contributed by atoms with Gasteiger partial charge in [-0.1, -0.05) is 11.8 Å². The van der Waals surface area contributed by atoms with Gasteiger partial charge in [0.2, 0.25) is 11.8 Å². The molecule has 0 aromatic carbocycles. The predicted molar refractivity (Wildman–Crippen MR) is 78.2 cm³/mol. The number of hydrogen-bond donors (Lipinski definition) is 0. The molecule has 3 amide bonds. The van der Waals surface area contributed by atoms with E-state index in [-0.39, 0.29) is 41.0 Å². The molecular weight excluding hydrogens is 308 g/mol. The Labute approximate surface area is 130 Å². The van der Waals surface area contributed by atoms with Crippen LogP contribution in [0.3, 0.4) is 0 Å². The van der Waals surface area contributed by atoms with E-state index < -0.39 is 0 Å². The lowest BCUT2D eigenvalue weighted by atomic mass is 10.2. The Bertz CT molecular complexity index is 673. The standard InChI is InChI=1S/C13H14N4O4S/c18-10-2-1-4-14-16(10)7-11(19)15-5-3-9(6-15)17-12(20)8-22-13(17)21/h1-2,4,9H,3,5-8H2. The van der Waals surface area contributed by atoms with Gasteiger partial charge < -0.3 is 4.90 Å². The van der Waals surface area contributed by atoms with Crippen LogP contribution in [0, 0.1) is 0 Å². The summed E-state index contributed by atoms with van der Waals surface area (Å²) in [6, 6.07) is 2.59. The van der Waals surface area contributed by atoms with Crippen LogP contribution >= 0.6 is 11.8 Å². The highest BCUT2D eigenvalue weighted by Gasteiger charge is 2.40. The van der Waals surface area contributed by atoms with Crippen LogP contribution in [-0.4, -0.2) is 61.5 Å². The SMILES string of the molecule is O=C(Cn1ncccc1=O)N1CCC(N2C(=O)CSC2=O)C1. The summed E-state index contributed by atoms with van der Waals surface area (Å²) >= 11 is 0.993. The largest absolute Gasteiger partial charge is 0.339 e. The second-order valence-corrected chi connectivity index (χ2v) is 6.05. The quantitative estimate of drug-likeness (QED) is 0.748. The van der Waals surface area contributed by atoms with E-state index >= 15 is 0 Å². The third kappa shape index (κ3) is 2.76. The van der Waals surface area contributed by atoms with Crippen LogP contribution < -0.4 is 5.56 Å². The average Bonchev–Trinajstić information content (AvgIpc) is 3.08. The highest BCUT2D eigenvalue weighted by atomic mass is 32.2. The molecule has 0 aliphatic carbocycles. The van der Waals surface area contributed by atoms with Crippen LogP contribution in [0.25, 0.3) is 0 Å². The maximum absolute atomic E-state index is 12.2. The lowest BCUT2D eigenvalue weighted by molar-refractivity contribution is -0.132. The van der Waals surface area contributed by atoms with Gasteiger partial charge in [-0.3, -0.25) is 24.1 Å². The Morgan fingerprint density at radius 1 is 1.36 bits per heavy atom. The number of thioether (sulfide) groups is 1. The third-order valence-electron chi connectivity index (χ3n) is 3.74. The summed E-state index contributed by atoms with van der Waals surface area (Å²) in [6.07, 6.45) is 2.02. The molecule has 116 valence electrons. The van der Waals surface area contributed by atoms with Crippen LogP contribution in [0.5, 0.6) is 0 Å². The summed E-state index contributed by atoms with van der Waals surface area (Å²) in [7, 11) is 0. The zero-order valence-electron chi connectivity index (χ0n) is 11.7. The number of carbonyl (C=O) groups excluding carboxylic acids is 3. The first-order valence-electron chi connectivity index (χ1n) is 6.85. The van der Waals surface area contributed by atoms with Gasteiger partial charge >= 0.3 is 0 Å². The fourth-order valence-corrected chi connectivity index (χ4v) is 3.41. The average molecular weight is 322 g/mol. The van der Waals surface area contributed by atoms with Gasteiger partial charge in [0, 0.05) is 25.4 Å². The van der Waals surface area contributed by atoms with Crippen molar-refractivity contribution in [2.75, 3.05) is 18.8 Å². The summed E-state index contributed by atoms with van der Waals surface area (Å²) in [5.74, 6) is -0.266. The number of rotatable bonds is 3. The first-order valence-corrected chi connectivity index (χ1v) is 7.83. The van der Waals surface area contributed by atoms with Gasteiger partial charge in [0.25, 0.3) is 10.8 Å². The Balaban J connectivity index is 1.64. The van der Waals surface area contributed by atoms with Crippen molar-refractivity contribution < 1.29 is 14.4 Å². The number of likely N-dealkylation sites (tertiary alicyclic amines) is 1. The van der Waals surface area contributed by atoms with Crippen molar-refractivity contribution in [2.45, 2.75) is 19.0 Å². The molecule has 0 bridgehead atoms. The van der Waals surface area contributed by atoms with Crippen molar-refractivity contribution in [3.8, 4) is 0 Å². The normalized spacial score (nSPS) is 21.7. The van der Waals surface area contributed by atoms with Crippen molar-refractivity contribution in [3.05, 3.63) is 28.7 Å². The van der Waals surface area contributed by atoms with Crippen LogP contribution in [0.2, 0.25) is 0 Å². The first kappa shape index (κ1) is 14.8. The van der Waals surface area contributed by atoms with E-state index in [1.54, 1.807) is 4.90 Å². The minimum absolute atomic E-state index is 0.136. The number of imide groups is 1. The van der Waals surface area contributed by atoms with E-state index in [0.29, 0.717) is 19.5 Å². The fraction of sp³-hybridized carbons (Fsp3) is 0.462. The lowest BCUT2D eigenvalue weighted by Crippen LogP contribution is -2.42. The fourth-order valence-electron chi connectivity index (χ4n) is 2.63. The third-order valence-corrected chi connectivity index (χ3v) is 4.57. The summed E-state index contributed by atoms with van der Waals surface area (Å²) < 4.78 is 1.09. The van der Waals surface area contributed by atoms with E-state index in [1.807, 2.05) is 0 Å². The molecule has 0 saturated carbocycles. The van der Waals surface area contributed by atoms with Crippen LogP contribution in [0.1, 0.15) is 6.42 Å². The number of aromatic nitrogens is 2. The molecule has 8 nitrogen and oxygen atoms in total. The van der Waals surface area contributed by atoms with Crippen LogP contribution in [0.15, 0.2) is 23.1 Å². The van der Waals surface area contributed by atoms with Crippen molar-refractivity contribution in [3.63, 3.8) is 0 Å². The summed E-state index contributed by atoms with van der Waals surface area (Å²) in [5.41, 5.74) is -0.340. The molecule has 3 heterocycles. The van der Waals surface area contributed by atoms with E-state index in [2.05, 4.69) is 5.10 Å². The smallest absolute Gasteiger partial charge is 0.289 e. The molecule has 3 rings (SSSR count). The van der Waals surface area contributed by atoms with Gasteiger partial charge in [0.15, 0.2) is 0 Å². The predicted octanol–water partition coefficient (Wildman–Crippen LogP) is -0.460. The molecule has 1 atom stereocenters. The molecule has 0 radical (unpaired) electrons. The van der Waals surface area contributed by atoms with Crippen LogP contribution in [0.4, 0.5) is 4.79 Å². The Kier molecular flexibility index (Phi) is 3.97. The van der Waals surface area contributed by atoms with Gasteiger partial charge in [-0.2, -0.15) is 5.10 Å². The Morgan fingerprint density at radius 3 is 2.86 bits per heavy atom. The number of hydrogen-bond acceptors (Lipinski definition) is 6. The molecule has 9 heteroatoms. The van der Waals surface area contributed by atoms with E-state index in [1.165, 1.54) is 23.2 Å². The maximum atomic E-state index is 12.2. The highest BCUT2D eigenvalue weighted by molar-refractivity contribution is 8.14. The molecule has 2 aliphatic heterocycles. The van der Waals surface area contributed by atoms with Crippen molar-refractivity contribution >= 4 is 28.8 Å². The molecule has 1 aromatic rings. The van der Waals surface area contributed by atoms with E-state index in [0.717, 1.165) is 16.4 Å². The summed E-state index contributed by atoms with van der Waals surface area (Å²) in [4.78, 5) is 50.0. The topological polar surface area (TPSA) is 92.6 Å². The molecule has 1 unspecified atom stereocenters. The van der Waals surface area contributed by atoms with Crippen molar-refractivity contribution in [2.24, 2.45) is 0 Å². The molecule has 22 heavy (non-hydrogen) atoms. The van der Waals surface area contributed by atoms with Gasteiger partial charge in [0.1, 0.15) is 6.54 Å². The lowest BCUT2D eigenvalue weighted by Gasteiger charge is -2.21. The molecule has 2 aliphatic rings. The van der Waals surface area contributed by atoms with E-state index in [4.69, 9.17) is 0 Å². The maximum Gasteiger partial charge on any atom is 0.289 e. The van der Waals surface area contributed by atoms with Gasteiger partial charge in [-0.15, -0.1) is 0 Å². The second-order valence-electron chi connectivity index (χ2n) is 5.12. The second kappa shape index (κ2) is 5.91. The van der Waals surface area contributed by atoms with Crippen LogP contribution in [-0.2, 0) is 16.1 Å². The minimum atomic E-state index is -0.340. The molecular formula is C13H14N4O4S.